The number of halogens is 4. The number of thioether (sulfide) groups is 1. The van der Waals surface area contributed by atoms with Gasteiger partial charge in [0.25, 0.3) is 0 Å². The molecule has 0 radical (unpaired) electrons. The molecule has 0 saturated carbocycles. The van der Waals surface area contributed by atoms with E-state index in [1.54, 1.807) is 18.5 Å². The van der Waals surface area contributed by atoms with Gasteiger partial charge in [0.15, 0.2) is 11.8 Å². The third-order valence-corrected chi connectivity index (χ3v) is 7.81. The number of aromatic amines is 1. The van der Waals surface area contributed by atoms with Crippen LogP contribution in [0, 0.1) is 5.92 Å². The zero-order valence-electron chi connectivity index (χ0n) is 20.5. The lowest BCUT2D eigenvalue weighted by Gasteiger charge is -2.44. The number of thiazole rings is 1. The monoisotopic (exact) mass is 607 g/mol. The van der Waals surface area contributed by atoms with Crippen molar-refractivity contribution in [1.29, 1.82) is 0 Å². The number of hydrogen-bond donors (Lipinski definition) is 1. The fourth-order valence-electron chi connectivity index (χ4n) is 4.03. The normalized spacial score (nSPS) is 23.4. The Morgan fingerprint density at radius 2 is 2.05 bits per heavy atom. The quantitative estimate of drug-likeness (QED) is 0.393. The first-order valence-corrected chi connectivity index (χ1v) is 13.4. The molecule has 0 aromatic carbocycles. The molecule has 0 amide bonds. The Kier molecular flexibility index (Phi) is 8.68. The maximum absolute atomic E-state index is 13.1. The standard InChI is InChI=1S/C22H21ClF3N5O6S2/c1-9-16(7-35-10(2)32)37-20(39-12-4-13(23)19(27-5-12)22(24,25)26)18(36-11(3)33)17(9)31-6-14(29-30-31)15-8-38-21(34)28-15/h4-6,8-9,16-18,20H,7H2,1-3H3,(H,28,34)/t9-,16?,17?,18-,20+/m0/s1. The number of pyridine rings is 1. The summed E-state index contributed by atoms with van der Waals surface area (Å²) < 4.78 is 57.9. The van der Waals surface area contributed by atoms with Gasteiger partial charge in [-0.1, -0.05) is 46.8 Å². The molecule has 2 unspecified atom stereocenters. The minimum absolute atomic E-state index is 0.151. The molecule has 210 valence electrons. The summed E-state index contributed by atoms with van der Waals surface area (Å²) in [5, 5.41) is 9.27. The summed E-state index contributed by atoms with van der Waals surface area (Å²) in [5.41, 5.74) is -1.45. The van der Waals surface area contributed by atoms with E-state index in [1.807, 2.05) is 0 Å². The third kappa shape index (κ3) is 6.80. The summed E-state index contributed by atoms with van der Waals surface area (Å²) in [6.07, 6.45) is -3.94. The van der Waals surface area contributed by atoms with Gasteiger partial charge in [0.05, 0.1) is 29.1 Å². The average molecular weight is 608 g/mol. The van der Waals surface area contributed by atoms with E-state index in [-0.39, 0.29) is 16.4 Å². The van der Waals surface area contributed by atoms with Crippen molar-refractivity contribution < 1.29 is 37.0 Å². The lowest BCUT2D eigenvalue weighted by molar-refractivity contribution is -0.185. The van der Waals surface area contributed by atoms with Crippen LogP contribution in [0.2, 0.25) is 5.02 Å². The number of ether oxygens (including phenoxy) is 3. The summed E-state index contributed by atoms with van der Waals surface area (Å²) in [6.45, 7) is 4.07. The van der Waals surface area contributed by atoms with Gasteiger partial charge in [-0.25, -0.2) is 9.67 Å². The zero-order valence-corrected chi connectivity index (χ0v) is 22.9. The molecule has 39 heavy (non-hydrogen) atoms. The van der Waals surface area contributed by atoms with Crippen LogP contribution in [0.25, 0.3) is 11.4 Å². The number of esters is 2. The number of nitrogens with one attached hydrogen (secondary N) is 1. The molecule has 3 aromatic heterocycles. The van der Waals surface area contributed by atoms with Gasteiger partial charge in [-0.2, -0.15) is 13.2 Å². The average Bonchev–Trinajstić information content (AvgIpc) is 3.48. The van der Waals surface area contributed by atoms with Gasteiger partial charge in [0.2, 0.25) is 0 Å². The zero-order chi connectivity index (χ0) is 28.5. The maximum Gasteiger partial charge on any atom is 0.434 e. The maximum atomic E-state index is 13.1. The van der Waals surface area contributed by atoms with Gasteiger partial charge < -0.3 is 19.2 Å². The highest BCUT2D eigenvalue weighted by Crippen LogP contribution is 2.44. The van der Waals surface area contributed by atoms with Crippen LogP contribution in [0.15, 0.2) is 33.5 Å². The second-order valence-electron chi connectivity index (χ2n) is 8.53. The summed E-state index contributed by atoms with van der Waals surface area (Å²) >= 11 is 7.73. The van der Waals surface area contributed by atoms with E-state index in [9.17, 15) is 27.6 Å². The molecular formula is C22H21ClF3N5O6S2. The highest BCUT2D eigenvalue weighted by Gasteiger charge is 2.48. The van der Waals surface area contributed by atoms with E-state index in [2.05, 4.69) is 20.3 Å². The molecule has 4 heterocycles. The molecule has 17 heteroatoms. The molecule has 11 nitrogen and oxygen atoms in total. The molecule has 1 saturated heterocycles. The SMILES string of the molecule is CC(=O)OCC1O[C@H](Sc2cnc(C(F)(F)F)c(Cl)c2)[C@@H](OC(C)=O)C(n2cc(-c3csc(=O)[nH]3)nn2)[C@H]1C. The Hall–Kier alpha value is -2.95. The molecular weight excluding hydrogens is 587 g/mol. The molecule has 1 aliphatic rings. The fraction of sp³-hybridized carbons (Fsp3) is 0.455. The topological polar surface area (TPSA) is 138 Å². The molecule has 4 rings (SSSR count). The highest BCUT2D eigenvalue weighted by molar-refractivity contribution is 7.99. The lowest BCUT2D eigenvalue weighted by Crippen LogP contribution is -2.52. The van der Waals surface area contributed by atoms with Gasteiger partial charge in [-0.15, -0.1) is 5.10 Å². The first-order chi connectivity index (χ1) is 18.3. The number of aromatic nitrogens is 5. The Bertz CT molecular complexity index is 1410. The Morgan fingerprint density at radius 3 is 2.64 bits per heavy atom. The first-order valence-electron chi connectivity index (χ1n) is 11.3. The number of hydrogen-bond acceptors (Lipinski definition) is 11. The molecule has 0 bridgehead atoms. The lowest BCUT2D eigenvalue weighted by atomic mass is 9.89. The van der Waals surface area contributed by atoms with Gasteiger partial charge in [0.1, 0.15) is 17.7 Å². The molecule has 0 spiro atoms. The van der Waals surface area contributed by atoms with Crippen LogP contribution < -0.4 is 4.87 Å². The smallest absolute Gasteiger partial charge is 0.434 e. The van der Waals surface area contributed by atoms with E-state index in [4.69, 9.17) is 25.8 Å². The number of carbonyl (C=O) groups excluding carboxylic acids is 2. The Morgan fingerprint density at radius 1 is 1.31 bits per heavy atom. The summed E-state index contributed by atoms with van der Waals surface area (Å²) in [5.74, 6) is -1.65. The number of nitrogens with zero attached hydrogens (tertiary/aromatic N) is 4. The Balaban J connectivity index is 1.72. The molecule has 3 aromatic rings. The van der Waals surface area contributed by atoms with Crippen molar-refractivity contribution in [1.82, 2.24) is 25.0 Å². The van der Waals surface area contributed by atoms with Crippen LogP contribution in [0.4, 0.5) is 13.2 Å². The van der Waals surface area contributed by atoms with Gasteiger partial charge in [-0.3, -0.25) is 14.4 Å². The third-order valence-electron chi connectivity index (χ3n) is 5.74. The van der Waals surface area contributed by atoms with Crippen LogP contribution in [0.1, 0.15) is 32.5 Å². The van der Waals surface area contributed by atoms with Gasteiger partial charge >= 0.3 is 23.0 Å². The highest BCUT2D eigenvalue weighted by atomic mass is 35.5. The number of carbonyl (C=O) groups is 2. The van der Waals surface area contributed by atoms with Crippen molar-refractivity contribution in [3.63, 3.8) is 0 Å². The number of H-pyrrole nitrogens is 1. The largest absolute Gasteiger partial charge is 0.463 e. The molecule has 1 fully saturated rings. The van der Waals surface area contributed by atoms with E-state index >= 15 is 0 Å². The molecule has 1 aliphatic heterocycles. The number of alkyl halides is 3. The van der Waals surface area contributed by atoms with Gasteiger partial charge in [0, 0.05) is 36.2 Å². The van der Waals surface area contributed by atoms with Crippen molar-refractivity contribution in [3.05, 3.63) is 44.2 Å². The van der Waals surface area contributed by atoms with Crippen molar-refractivity contribution in [2.24, 2.45) is 5.92 Å². The summed E-state index contributed by atoms with van der Waals surface area (Å²) in [4.78, 5) is 41.3. The van der Waals surface area contributed by atoms with E-state index in [0.717, 1.165) is 35.4 Å². The minimum atomic E-state index is -4.74. The second-order valence-corrected chi connectivity index (χ2v) is 11.0. The predicted octanol–water partition coefficient (Wildman–Crippen LogP) is 3.95. The van der Waals surface area contributed by atoms with Crippen LogP contribution in [0.5, 0.6) is 0 Å². The first kappa shape index (κ1) is 29.0. The van der Waals surface area contributed by atoms with E-state index in [0.29, 0.717) is 11.4 Å². The van der Waals surface area contributed by atoms with E-state index < -0.39 is 58.4 Å². The second kappa shape index (κ2) is 11.7. The van der Waals surface area contributed by atoms with Crippen LogP contribution in [-0.2, 0) is 30.0 Å². The fourth-order valence-corrected chi connectivity index (χ4v) is 6.05. The molecule has 0 aliphatic carbocycles. The minimum Gasteiger partial charge on any atom is -0.463 e. The molecule has 1 N–H and O–H groups in total. The van der Waals surface area contributed by atoms with Crippen LogP contribution >= 0.6 is 34.7 Å². The van der Waals surface area contributed by atoms with Crippen molar-refractivity contribution in [2.45, 2.75) is 55.5 Å². The predicted molar refractivity (Wildman–Crippen MR) is 133 cm³/mol. The number of rotatable bonds is 7. The van der Waals surface area contributed by atoms with Gasteiger partial charge in [-0.05, 0) is 6.07 Å². The summed E-state index contributed by atoms with van der Waals surface area (Å²) in [6, 6.07) is 0.371. The van der Waals surface area contributed by atoms with E-state index in [1.165, 1.54) is 18.5 Å². The van der Waals surface area contributed by atoms with Crippen molar-refractivity contribution in [3.8, 4) is 11.4 Å². The van der Waals surface area contributed by atoms with Crippen LogP contribution in [-0.4, -0.2) is 61.2 Å². The van der Waals surface area contributed by atoms with Crippen molar-refractivity contribution in [2.75, 3.05) is 6.61 Å². The summed E-state index contributed by atoms with van der Waals surface area (Å²) in [7, 11) is 0. The molecule has 5 atom stereocenters. The van der Waals surface area contributed by atoms with Crippen molar-refractivity contribution >= 4 is 46.6 Å². The van der Waals surface area contributed by atoms with Crippen LogP contribution in [0.3, 0.4) is 0 Å². The Labute approximate surface area is 232 Å².